The summed E-state index contributed by atoms with van der Waals surface area (Å²) in [4.78, 5) is 4.89. The minimum absolute atomic E-state index is 0.0152. The zero-order valence-corrected chi connectivity index (χ0v) is 19.5. The molecule has 1 N–H and O–H groups in total. The molecule has 1 unspecified atom stereocenters. The summed E-state index contributed by atoms with van der Waals surface area (Å²) < 4.78 is 5.49. The van der Waals surface area contributed by atoms with Crippen LogP contribution in [0.15, 0.2) is 58.6 Å². The van der Waals surface area contributed by atoms with Crippen LogP contribution in [0.2, 0.25) is 0 Å². The standard InChI is InChI=1S/C22H24N6OS2/c1-14-9-11-17(12-10-14)20-28(27-16(3)30-20)21(24-22-26-25-15(2)31-22)23-13-18-7-5-6-8-19(18)29-4/h5-12,20H,13H2,1-4H3,(H,23,24,26). The number of anilines is 1. The van der Waals surface area contributed by atoms with Crippen molar-refractivity contribution in [3.05, 3.63) is 70.2 Å². The molecule has 3 aromatic rings. The molecular formula is C22H24N6OS2. The number of ether oxygens (including phenoxy) is 1. The maximum atomic E-state index is 5.49. The average molecular weight is 453 g/mol. The van der Waals surface area contributed by atoms with Crippen LogP contribution in [0.25, 0.3) is 0 Å². The predicted octanol–water partition coefficient (Wildman–Crippen LogP) is 5.21. The Labute approximate surface area is 190 Å². The third-order valence-electron chi connectivity index (χ3n) is 4.67. The number of hydrogen-bond donors (Lipinski definition) is 1. The van der Waals surface area contributed by atoms with E-state index in [0.29, 0.717) is 17.6 Å². The molecule has 0 bridgehead atoms. The van der Waals surface area contributed by atoms with Gasteiger partial charge in [0.15, 0.2) is 0 Å². The lowest BCUT2D eigenvalue weighted by Gasteiger charge is -2.24. The van der Waals surface area contributed by atoms with Crippen LogP contribution in [-0.4, -0.2) is 33.3 Å². The molecule has 1 aromatic heterocycles. The molecule has 9 heteroatoms. The number of aryl methyl sites for hydroxylation is 2. The van der Waals surface area contributed by atoms with Gasteiger partial charge in [-0.1, -0.05) is 71.1 Å². The first-order valence-corrected chi connectivity index (χ1v) is 11.5. The van der Waals surface area contributed by atoms with Crippen molar-refractivity contribution in [1.82, 2.24) is 15.2 Å². The minimum atomic E-state index is -0.0152. The Bertz CT molecular complexity index is 1110. The second-order valence-corrected chi connectivity index (χ2v) is 9.50. The third kappa shape index (κ3) is 5.05. The fraction of sp³-hybridized carbons (Fsp3) is 0.273. The first kappa shape index (κ1) is 21.3. The number of hydrazone groups is 1. The highest BCUT2D eigenvalue weighted by atomic mass is 32.2. The van der Waals surface area contributed by atoms with Gasteiger partial charge in [0.05, 0.1) is 18.7 Å². The first-order chi connectivity index (χ1) is 15.0. The van der Waals surface area contributed by atoms with Crippen LogP contribution in [0.4, 0.5) is 5.13 Å². The second kappa shape index (κ2) is 9.49. The number of thioether (sulfide) groups is 1. The molecule has 4 rings (SSSR count). The number of benzene rings is 2. The number of hydrogen-bond acceptors (Lipinski definition) is 7. The largest absolute Gasteiger partial charge is 0.496 e. The van der Waals surface area contributed by atoms with Gasteiger partial charge in [-0.2, -0.15) is 5.10 Å². The second-order valence-electron chi connectivity index (χ2n) is 7.05. The predicted molar refractivity (Wildman–Crippen MR) is 129 cm³/mol. The lowest BCUT2D eigenvalue weighted by atomic mass is 10.1. The maximum Gasteiger partial charge on any atom is 0.222 e. The van der Waals surface area contributed by atoms with E-state index in [1.807, 2.05) is 43.1 Å². The highest BCUT2D eigenvalue weighted by Crippen LogP contribution is 2.39. The SMILES string of the molecule is COc1ccccc1CN=C(Nc1nnc(C)s1)N1N=C(C)SC1c1ccc(C)cc1. The number of nitrogens with one attached hydrogen (secondary N) is 1. The molecule has 2 heterocycles. The van der Waals surface area contributed by atoms with Crippen molar-refractivity contribution in [3.8, 4) is 5.75 Å². The Hall–Kier alpha value is -2.91. The van der Waals surface area contributed by atoms with Crippen molar-refractivity contribution in [2.24, 2.45) is 10.1 Å². The van der Waals surface area contributed by atoms with Gasteiger partial charge in [-0.3, -0.25) is 5.32 Å². The highest BCUT2D eigenvalue weighted by molar-refractivity contribution is 8.14. The van der Waals surface area contributed by atoms with Gasteiger partial charge in [0.2, 0.25) is 11.1 Å². The number of nitrogens with zero attached hydrogens (tertiary/aromatic N) is 5. The molecular weight excluding hydrogens is 428 g/mol. The number of rotatable bonds is 5. The fourth-order valence-corrected chi connectivity index (χ4v) is 4.73. The fourth-order valence-electron chi connectivity index (χ4n) is 3.14. The molecule has 0 saturated heterocycles. The van der Waals surface area contributed by atoms with Gasteiger partial charge < -0.3 is 4.74 Å². The summed E-state index contributed by atoms with van der Waals surface area (Å²) in [5, 5.41) is 20.9. The molecule has 31 heavy (non-hydrogen) atoms. The van der Waals surface area contributed by atoms with Crippen molar-refractivity contribution in [2.45, 2.75) is 32.7 Å². The number of para-hydroxylation sites is 1. The molecule has 0 saturated carbocycles. The van der Waals surface area contributed by atoms with Crippen molar-refractivity contribution in [2.75, 3.05) is 12.4 Å². The minimum Gasteiger partial charge on any atom is -0.496 e. The Morgan fingerprint density at radius 1 is 1.10 bits per heavy atom. The van der Waals surface area contributed by atoms with E-state index in [0.717, 1.165) is 26.9 Å². The molecule has 160 valence electrons. The monoisotopic (exact) mass is 452 g/mol. The van der Waals surface area contributed by atoms with Crippen LogP contribution in [0, 0.1) is 13.8 Å². The van der Waals surface area contributed by atoms with Crippen molar-refractivity contribution in [3.63, 3.8) is 0 Å². The van der Waals surface area contributed by atoms with Gasteiger partial charge in [-0.15, -0.1) is 10.2 Å². The van der Waals surface area contributed by atoms with Crippen molar-refractivity contribution in [1.29, 1.82) is 0 Å². The van der Waals surface area contributed by atoms with Crippen LogP contribution in [0.1, 0.15) is 34.0 Å². The summed E-state index contributed by atoms with van der Waals surface area (Å²) in [6.07, 6.45) is 0. The summed E-state index contributed by atoms with van der Waals surface area (Å²) in [7, 11) is 1.67. The number of guanidine groups is 1. The maximum absolute atomic E-state index is 5.49. The number of aliphatic imine (C=N–C) groups is 1. The van der Waals surface area contributed by atoms with Crippen LogP contribution >= 0.6 is 23.1 Å². The van der Waals surface area contributed by atoms with E-state index in [1.54, 1.807) is 18.9 Å². The van der Waals surface area contributed by atoms with Crippen LogP contribution in [0.5, 0.6) is 5.75 Å². The van der Waals surface area contributed by atoms with Gasteiger partial charge >= 0.3 is 0 Å². The average Bonchev–Trinajstić information content (AvgIpc) is 3.37. The summed E-state index contributed by atoms with van der Waals surface area (Å²) >= 11 is 3.19. The molecule has 1 aliphatic rings. The third-order valence-corrected chi connectivity index (χ3v) is 6.54. The van der Waals surface area contributed by atoms with Crippen LogP contribution < -0.4 is 10.1 Å². The first-order valence-electron chi connectivity index (χ1n) is 9.84. The summed E-state index contributed by atoms with van der Waals surface area (Å²) in [6, 6.07) is 16.4. The molecule has 7 nitrogen and oxygen atoms in total. The lowest BCUT2D eigenvalue weighted by molar-refractivity contribution is 0.409. The van der Waals surface area contributed by atoms with E-state index >= 15 is 0 Å². The zero-order chi connectivity index (χ0) is 21.8. The molecule has 2 aromatic carbocycles. The van der Waals surface area contributed by atoms with E-state index in [2.05, 4.69) is 46.7 Å². The van der Waals surface area contributed by atoms with Crippen molar-refractivity contribution < 1.29 is 4.74 Å². The van der Waals surface area contributed by atoms with E-state index < -0.39 is 0 Å². The molecule has 1 atom stereocenters. The smallest absolute Gasteiger partial charge is 0.222 e. The van der Waals surface area contributed by atoms with Crippen LogP contribution in [-0.2, 0) is 6.54 Å². The zero-order valence-electron chi connectivity index (χ0n) is 17.9. The van der Waals surface area contributed by atoms with Gasteiger partial charge in [-0.05, 0) is 32.4 Å². The van der Waals surface area contributed by atoms with Crippen LogP contribution in [0.3, 0.4) is 0 Å². The van der Waals surface area contributed by atoms with E-state index in [-0.39, 0.29) is 5.37 Å². The highest BCUT2D eigenvalue weighted by Gasteiger charge is 2.31. The van der Waals surface area contributed by atoms with E-state index in [4.69, 9.17) is 14.8 Å². The Kier molecular flexibility index (Phi) is 6.53. The Morgan fingerprint density at radius 2 is 1.87 bits per heavy atom. The summed E-state index contributed by atoms with van der Waals surface area (Å²) in [5.41, 5.74) is 3.39. The van der Waals surface area contributed by atoms with Gasteiger partial charge in [0, 0.05) is 5.56 Å². The molecule has 0 fully saturated rings. The molecule has 0 aliphatic carbocycles. The van der Waals surface area contributed by atoms with Gasteiger partial charge in [-0.25, -0.2) is 10.0 Å². The normalized spacial score (nSPS) is 16.4. The number of methoxy groups -OCH3 is 1. The summed E-state index contributed by atoms with van der Waals surface area (Å²) in [6.45, 7) is 6.47. The summed E-state index contributed by atoms with van der Waals surface area (Å²) in [5.74, 6) is 1.43. The Balaban J connectivity index is 1.68. The van der Waals surface area contributed by atoms with Gasteiger partial charge in [0.25, 0.3) is 0 Å². The topological polar surface area (TPSA) is 75.0 Å². The van der Waals surface area contributed by atoms with Crippen molar-refractivity contribution >= 4 is 39.2 Å². The molecule has 0 radical (unpaired) electrons. The van der Waals surface area contributed by atoms with E-state index in [1.165, 1.54) is 16.9 Å². The van der Waals surface area contributed by atoms with E-state index in [9.17, 15) is 0 Å². The molecule has 0 amide bonds. The quantitative estimate of drug-likeness (QED) is 0.423. The number of aromatic nitrogens is 2. The Morgan fingerprint density at radius 3 is 2.58 bits per heavy atom. The molecule has 0 spiro atoms. The van der Waals surface area contributed by atoms with Gasteiger partial charge in [0.1, 0.15) is 16.1 Å². The lowest BCUT2D eigenvalue weighted by Crippen LogP contribution is -2.32. The molecule has 1 aliphatic heterocycles.